The standard InChI is InChI=1S/C10H7F2NO4/c1-16-7(14)4-13-9-6(17-10(13)15)3-2-5(11)8(9)12/h2-3H,4H2,1H3. The molecule has 0 amide bonds. The van der Waals surface area contributed by atoms with Gasteiger partial charge in [0.05, 0.1) is 7.11 Å². The van der Waals surface area contributed by atoms with Gasteiger partial charge in [0.1, 0.15) is 12.1 Å². The minimum atomic E-state index is -1.24. The Hall–Kier alpha value is -2.18. The zero-order chi connectivity index (χ0) is 12.6. The summed E-state index contributed by atoms with van der Waals surface area (Å²) in [5.41, 5.74) is -0.516. The lowest BCUT2D eigenvalue weighted by molar-refractivity contribution is -0.141. The van der Waals surface area contributed by atoms with E-state index in [0.29, 0.717) is 4.57 Å². The van der Waals surface area contributed by atoms with E-state index in [0.717, 1.165) is 19.2 Å². The highest BCUT2D eigenvalue weighted by molar-refractivity contribution is 5.77. The van der Waals surface area contributed by atoms with Crippen LogP contribution in [0.4, 0.5) is 8.78 Å². The van der Waals surface area contributed by atoms with Gasteiger partial charge in [0.2, 0.25) is 0 Å². The number of fused-ring (bicyclic) bond motifs is 1. The molecular formula is C10H7F2NO4. The van der Waals surface area contributed by atoms with Crippen LogP contribution in [0.3, 0.4) is 0 Å². The number of nitrogens with zero attached hydrogens (tertiary/aromatic N) is 1. The second-order valence-corrected chi connectivity index (χ2v) is 3.24. The summed E-state index contributed by atoms with van der Waals surface area (Å²) in [6.07, 6.45) is 0. The SMILES string of the molecule is COC(=O)Cn1c(=O)oc2ccc(F)c(F)c21. The van der Waals surface area contributed by atoms with Crippen molar-refractivity contribution in [3.8, 4) is 0 Å². The van der Waals surface area contributed by atoms with Crippen molar-refractivity contribution in [3.05, 3.63) is 34.3 Å². The summed E-state index contributed by atoms with van der Waals surface area (Å²) in [4.78, 5) is 22.4. The molecule has 0 saturated carbocycles. The maximum atomic E-state index is 13.5. The summed E-state index contributed by atoms with van der Waals surface area (Å²) in [6, 6.07) is 1.95. The first-order valence-corrected chi connectivity index (χ1v) is 4.58. The first kappa shape index (κ1) is 11.3. The van der Waals surface area contributed by atoms with Crippen molar-refractivity contribution in [2.45, 2.75) is 6.54 Å². The molecule has 0 bridgehead atoms. The van der Waals surface area contributed by atoms with Gasteiger partial charge in [-0.3, -0.25) is 9.36 Å². The topological polar surface area (TPSA) is 61.4 Å². The molecule has 0 aliphatic heterocycles. The molecule has 0 spiro atoms. The molecule has 0 unspecified atom stereocenters. The number of hydrogen-bond donors (Lipinski definition) is 0. The largest absolute Gasteiger partial charge is 0.468 e. The number of carbonyl (C=O) groups excluding carboxylic acids is 1. The van der Waals surface area contributed by atoms with Crippen LogP contribution in [0, 0.1) is 11.6 Å². The average molecular weight is 243 g/mol. The van der Waals surface area contributed by atoms with Crippen LogP contribution in [-0.2, 0) is 16.1 Å². The molecule has 0 aliphatic carbocycles. The highest BCUT2D eigenvalue weighted by Gasteiger charge is 2.18. The molecule has 17 heavy (non-hydrogen) atoms. The first-order valence-electron chi connectivity index (χ1n) is 4.58. The van der Waals surface area contributed by atoms with Gasteiger partial charge >= 0.3 is 11.7 Å². The quantitative estimate of drug-likeness (QED) is 0.739. The molecule has 2 rings (SSSR count). The third-order valence-electron chi connectivity index (χ3n) is 2.23. The van der Waals surface area contributed by atoms with Crippen LogP contribution in [0.1, 0.15) is 0 Å². The van der Waals surface area contributed by atoms with Gasteiger partial charge in [-0.2, -0.15) is 0 Å². The summed E-state index contributed by atoms with van der Waals surface area (Å²) in [5.74, 6) is -4.08. The molecule has 0 atom stereocenters. The molecule has 1 aromatic carbocycles. The Morgan fingerprint density at radius 3 is 2.82 bits per heavy atom. The number of halogens is 2. The van der Waals surface area contributed by atoms with E-state index >= 15 is 0 Å². The van der Waals surface area contributed by atoms with E-state index in [-0.39, 0.29) is 11.1 Å². The molecule has 0 N–H and O–H groups in total. The number of ether oxygens (including phenoxy) is 1. The molecule has 1 heterocycles. The summed E-state index contributed by atoms with van der Waals surface area (Å²) in [6.45, 7) is -0.539. The Balaban J connectivity index is 2.69. The molecule has 2 aromatic rings. The normalized spacial score (nSPS) is 10.8. The lowest BCUT2D eigenvalue weighted by atomic mass is 10.3. The van der Waals surface area contributed by atoms with E-state index < -0.39 is 29.9 Å². The van der Waals surface area contributed by atoms with Crippen LogP contribution in [0.2, 0.25) is 0 Å². The molecule has 0 saturated heterocycles. The molecule has 5 nitrogen and oxygen atoms in total. The highest BCUT2D eigenvalue weighted by Crippen LogP contribution is 2.19. The second kappa shape index (κ2) is 4.00. The zero-order valence-electron chi connectivity index (χ0n) is 8.70. The monoisotopic (exact) mass is 243 g/mol. The molecular weight excluding hydrogens is 236 g/mol. The van der Waals surface area contributed by atoms with Gasteiger partial charge in [-0.1, -0.05) is 0 Å². The third kappa shape index (κ3) is 1.79. The highest BCUT2D eigenvalue weighted by atomic mass is 19.2. The van der Waals surface area contributed by atoms with Crippen molar-refractivity contribution in [1.29, 1.82) is 0 Å². The summed E-state index contributed by atoms with van der Waals surface area (Å²) < 4.78 is 36.2. The van der Waals surface area contributed by atoms with Crippen molar-refractivity contribution >= 4 is 17.1 Å². The predicted octanol–water partition coefficient (Wildman–Crippen LogP) is 1.05. The van der Waals surface area contributed by atoms with Crippen molar-refractivity contribution in [3.63, 3.8) is 0 Å². The van der Waals surface area contributed by atoms with Gasteiger partial charge in [0.15, 0.2) is 17.2 Å². The number of rotatable bonds is 2. The van der Waals surface area contributed by atoms with Crippen LogP contribution in [0.5, 0.6) is 0 Å². The fourth-order valence-corrected chi connectivity index (χ4v) is 1.43. The van der Waals surface area contributed by atoms with E-state index in [2.05, 4.69) is 9.15 Å². The number of carbonyl (C=O) groups is 1. The number of esters is 1. The summed E-state index contributed by atoms with van der Waals surface area (Å²) >= 11 is 0. The Labute approximate surface area is 93.2 Å². The maximum Gasteiger partial charge on any atom is 0.420 e. The van der Waals surface area contributed by atoms with Crippen LogP contribution < -0.4 is 5.76 Å². The Morgan fingerprint density at radius 2 is 2.18 bits per heavy atom. The van der Waals surface area contributed by atoms with Gasteiger partial charge in [0.25, 0.3) is 0 Å². The Bertz CT molecular complexity index is 644. The molecule has 0 fully saturated rings. The Kier molecular flexibility index (Phi) is 2.66. The third-order valence-corrected chi connectivity index (χ3v) is 2.23. The summed E-state index contributed by atoms with van der Waals surface area (Å²) in [5, 5.41) is 0. The van der Waals surface area contributed by atoms with Gasteiger partial charge in [0, 0.05) is 0 Å². The maximum absolute atomic E-state index is 13.5. The lowest BCUT2D eigenvalue weighted by Gasteiger charge is -2.01. The van der Waals surface area contributed by atoms with Gasteiger partial charge in [-0.15, -0.1) is 0 Å². The van der Waals surface area contributed by atoms with E-state index in [9.17, 15) is 18.4 Å². The fraction of sp³-hybridized carbons (Fsp3) is 0.200. The van der Waals surface area contributed by atoms with Crippen LogP contribution in [0.25, 0.3) is 11.1 Å². The van der Waals surface area contributed by atoms with E-state index in [1.54, 1.807) is 0 Å². The number of oxazole rings is 1. The fourth-order valence-electron chi connectivity index (χ4n) is 1.43. The van der Waals surface area contributed by atoms with Crippen LogP contribution >= 0.6 is 0 Å². The minimum Gasteiger partial charge on any atom is -0.468 e. The van der Waals surface area contributed by atoms with E-state index in [1.165, 1.54) is 0 Å². The number of methoxy groups -OCH3 is 1. The predicted molar refractivity (Wildman–Crippen MR) is 52.4 cm³/mol. The zero-order valence-corrected chi connectivity index (χ0v) is 8.70. The van der Waals surface area contributed by atoms with Gasteiger partial charge in [-0.05, 0) is 12.1 Å². The molecule has 0 radical (unpaired) electrons. The van der Waals surface area contributed by atoms with Crippen molar-refractivity contribution in [2.24, 2.45) is 0 Å². The van der Waals surface area contributed by atoms with Gasteiger partial charge in [-0.25, -0.2) is 13.6 Å². The molecule has 7 heteroatoms. The second-order valence-electron chi connectivity index (χ2n) is 3.24. The molecule has 0 aliphatic rings. The van der Waals surface area contributed by atoms with Crippen molar-refractivity contribution < 1.29 is 22.7 Å². The van der Waals surface area contributed by atoms with E-state index in [4.69, 9.17) is 0 Å². The average Bonchev–Trinajstić information content (AvgIpc) is 2.61. The minimum absolute atomic E-state index is 0.127. The molecule has 1 aromatic heterocycles. The molecule has 90 valence electrons. The number of hydrogen-bond acceptors (Lipinski definition) is 4. The van der Waals surface area contributed by atoms with Crippen molar-refractivity contribution in [1.82, 2.24) is 4.57 Å². The number of benzene rings is 1. The Morgan fingerprint density at radius 1 is 1.47 bits per heavy atom. The summed E-state index contributed by atoms with van der Waals surface area (Å²) in [7, 11) is 1.12. The number of aromatic nitrogens is 1. The smallest absolute Gasteiger partial charge is 0.420 e. The van der Waals surface area contributed by atoms with E-state index in [1.807, 2.05) is 0 Å². The van der Waals surface area contributed by atoms with Crippen LogP contribution in [0.15, 0.2) is 21.3 Å². The van der Waals surface area contributed by atoms with Gasteiger partial charge < -0.3 is 9.15 Å². The van der Waals surface area contributed by atoms with Crippen molar-refractivity contribution in [2.75, 3.05) is 7.11 Å². The lowest BCUT2D eigenvalue weighted by Crippen LogP contribution is -2.21. The van der Waals surface area contributed by atoms with Crippen LogP contribution in [-0.4, -0.2) is 17.6 Å². The first-order chi connectivity index (χ1) is 8.04.